The SMILES string of the molecule is COc1cc(-c2cn(CC(O)(c3cc(C(C)(C)O)c(F)c(-c4ccc(F)cc4)n3)C(F)(F)F)nn2)cc2cccnc12. The lowest BCUT2D eigenvalue weighted by Crippen LogP contribution is -2.47. The molecule has 13 heteroatoms. The number of methoxy groups -OCH3 is 1. The van der Waals surface area contributed by atoms with Gasteiger partial charge in [-0.3, -0.25) is 4.98 Å². The molecule has 5 rings (SSSR count). The van der Waals surface area contributed by atoms with Gasteiger partial charge in [0, 0.05) is 28.3 Å². The van der Waals surface area contributed by atoms with Crippen LogP contribution in [0.1, 0.15) is 25.1 Å². The van der Waals surface area contributed by atoms with Crippen molar-refractivity contribution < 1.29 is 36.9 Å². The van der Waals surface area contributed by atoms with Gasteiger partial charge in [0.25, 0.3) is 0 Å². The third-order valence-corrected chi connectivity index (χ3v) is 6.74. The second-order valence-corrected chi connectivity index (χ2v) is 10.2. The van der Waals surface area contributed by atoms with Crippen molar-refractivity contribution in [2.75, 3.05) is 7.11 Å². The molecule has 0 radical (unpaired) electrons. The van der Waals surface area contributed by atoms with E-state index in [4.69, 9.17) is 4.74 Å². The number of rotatable bonds is 7. The number of halogens is 5. The number of benzene rings is 2. The molecule has 3 aromatic heterocycles. The second kappa shape index (κ2) is 10.4. The van der Waals surface area contributed by atoms with Crippen molar-refractivity contribution in [3.63, 3.8) is 0 Å². The van der Waals surface area contributed by atoms with Gasteiger partial charge >= 0.3 is 6.18 Å². The first kappa shape index (κ1) is 29.0. The van der Waals surface area contributed by atoms with Gasteiger partial charge in [-0.1, -0.05) is 11.3 Å². The number of pyridine rings is 2. The topological polar surface area (TPSA) is 106 Å². The van der Waals surface area contributed by atoms with Gasteiger partial charge in [0.15, 0.2) is 5.82 Å². The summed E-state index contributed by atoms with van der Waals surface area (Å²) in [5, 5.41) is 30.2. The third kappa shape index (κ3) is 5.28. The fourth-order valence-electron chi connectivity index (χ4n) is 4.51. The van der Waals surface area contributed by atoms with Crippen LogP contribution in [0.3, 0.4) is 0 Å². The van der Waals surface area contributed by atoms with Gasteiger partial charge in [0.2, 0.25) is 5.60 Å². The molecular weight excluding hydrogens is 561 g/mol. The second-order valence-electron chi connectivity index (χ2n) is 10.2. The standard InChI is InChI=1S/C29H24F5N5O3/c1-27(2,40)20-13-23(36-26(24(20)31)16-6-8-19(30)9-7-16)28(41,29(32,33)34)15-39-14-21(37-38-39)18-11-17-5-4-10-35-25(17)22(12-18)42-3/h4-14,40-41H,15H2,1-3H3. The van der Waals surface area contributed by atoms with Crippen molar-refractivity contribution >= 4 is 10.9 Å². The molecule has 2 N–H and O–H groups in total. The first-order chi connectivity index (χ1) is 19.7. The first-order valence-corrected chi connectivity index (χ1v) is 12.5. The highest BCUT2D eigenvalue weighted by Gasteiger charge is 2.57. The summed E-state index contributed by atoms with van der Waals surface area (Å²) in [6, 6.07) is 11.7. The number of alkyl halides is 3. The molecular formula is C29H24F5N5O3. The van der Waals surface area contributed by atoms with Gasteiger partial charge < -0.3 is 14.9 Å². The van der Waals surface area contributed by atoms with Gasteiger partial charge in [0.1, 0.15) is 28.5 Å². The molecule has 0 aliphatic carbocycles. The summed E-state index contributed by atoms with van der Waals surface area (Å²) in [6.45, 7) is 1.14. The average molecular weight is 586 g/mol. The molecule has 1 unspecified atom stereocenters. The zero-order valence-electron chi connectivity index (χ0n) is 22.5. The van der Waals surface area contributed by atoms with E-state index >= 15 is 4.39 Å². The molecule has 2 aromatic carbocycles. The summed E-state index contributed by atoms with van der Waals surface area (Å²) >= 11 is 0. The van der Waals surface area contributed by atoms with E-state index in [1.165, 1.54) is 27.2 Å². The fourth-order valence-corrected chi connectivity index (χ4v) is 4.51. The Balaban J connectivity index is 1.61. The molecule has 1 atom stereocenters. The van der Waals surface area contributed by atoms with Crippen molar-refractivity contribution in [3.05, 3.63) is 89.9 Å². The Hall–Kier alpha value is -4.49. The fraction of sp³-hybridized carbons (Fsp3) is 0.241. The minimum atomic E-state index is -5.33. The summed E-state index contributed by atoms with van der Waals surface area (Å²) in [7, 11) is 1.45. The van der Waals surface area contributed by atoms with E-state index in [9.17, 15) is 27.8 Å². The Kier molecular flexibility index (Phi) is 7.19. The number of aromatic nitrogens is 5. The van der Waals surface area contributed by atoms with E-state index in [1.54, 1.807) is 30.5 Å². The van der Waals surface area contributed by atoms with Crippen LogP contribution in [0.4, 0.5) is 22.0 Å². The van der Waals surface area contributed by atoms with Crippen LogP contribution in [-0.2, 0) is 17.7 Å². The maximum absolute atomic E-state index is 15.5. The summed E-state index contributed by atoms with van der Waals surface area (Å²) in [5.41, 5.74) is -6.66. The molecule has 5 aromatic rings. The van der Waals surface area contributed by atoms with Crippen LogP contribution in [0.5, 0.6) is 5.75 Å². The Morgan fingerprint density at radius 1 is 0.952 bits per heavy atom. The Labute approximate surface area is 236 Å². The highest BCUT2D eigenvalue weighted by atomic mass is 19.4. The minimum absolute atomic E-state index is 0.0615. The lowest BCUT2D eigenvalue weighted by Gasteiger charge is -2.31. The van der Waals surface area contributed by atoms with Gasteiger partial charge in [0.05, 0.1) is 31.1 Å². The van der Waals surface area contributed by atoms with Gasteiger partial charge in [-0.2, -0.15) is 13.2 Å². The van der Waals surface area contributed by atoms with Crippen LogP contribution in [0.15, 0.2) is 67.0 Å². The van der Waals surface area contributed by atoms with Crippen LogP contribution in [0.2, 0.25) is 0 Å². The van der Waals surface area contributed by atoms with Crippen molar-refractivity contribution in [1.82, 2.24) is 25.0 Å². The van der Waals surface area contributed by atoms with Crippen LogP contribution in [0, 0.1) is 11.6 Å². The van der Waals surface area contributed by atoms with Crippen LogP contribution in [-0.4, -0.2) is 48.5 Å². The number of nitrogens with zero attached hydrogens (tertiary/aromatic N) is 5. The first-order valence-electron chi connectivity index (χ1n) is 12.5. The molecule has 0 aliphatic heterocycles. The summed E-state index contributed by atoms with van der Waals surface area (Å²) < 4.78 is 79.0. The van der Waals surface area contributed by atoms with Crippen LogP contribution >= 0.6 is 0 Å². The number of aliphatic hydroxyl groups is 2. The third-order valence-electron chi connectivity index (χ3n) is 6.74. The molecule has 8 nitrogen and oxygen atoms in total. The van der Waals surface area contributed by atoms with E-state index in [0.29, 0.717) is 28.3 Å². The molecule has 0 saturated heterocycles. The highest BCUT2D eigenvalue weighted by Crippen LogP contribution is 2.42. The molecule has 0 saturated carbocycles. The summed E-state index contributed by atoms with van der Waals surface area (Å²) in [6.07, 6.45) is -2.54. The van der Waals surface area contributed by atoms with E-state index < -0.39 is 52.5 Å². The van der Waals surface area contributed by atoms with Crippen molar-refractivity contribution in [3.8, 4) is 28.3 Å². The molecule has 0 amide bonds. The van der Waals surface area contributed by atoms with Crippen LogP contribution < -0.4 is 4.74 Å². The summed E-state index contributed by atoms with van der Waals surface area (Å²) in [5.74, 6) is -1.37. The maximum atomic E-state index is 15.5. The van der Waals surface area contributed by atoms with Crippen LogP contribution in [0.25, 0.3) is 33.4 Å². The largest absolute Gasteiger partial charge is 0.494 e. The monoisotopic (exact) mass is 585 g/mol. The smallest absolute Gasteiger partial charge is 0.424 e. The van der Waals surface area contributed by atoms with Crippen molar-refractivity contribution in [2.45, 2.75) is 37.8 Å². The maximum Gasteiger partial charge on any atom is 0.424 e. The molecule has 42 heavy (non-hydrogen) atoms. The number of ether oxygens (including phenoxy) is 1. The number of hydrogen-bond donors (Lipinski definition) is 2. The molecule has 218 valence electrons. The molecule has 3 heterocycles. The number of hydrogen-bond acceptors (Lipinski definition) is 7. The summed E-state index contributed by atoms with van der Waals surface area (Å²) in [4.78, 5) is 8.11. The normalized spacial score (nSPS) is 13.8. The van der Waals surface area contributed by atoms with Crippen molar-refractivity contribution in [1.29, 1.82) is 0 Å². The quantitative estimate of drug-likeness (QED) is 0.242. The minimum Gasteiger partial charge on any atom is -0.494 e. The molecule has 0 bridgehead atoms. The lowest BCUT2D eigenvalue weighted by molar-refractivity contribution is -0.274. The van der Waals surface area contributed by atoms with Gasteiger partial charge in [-0.15, -0.1) is 5.10 Å². The average Bonchev–Trinajstić information content (AvgIpc) is 3.40. The van der Waals surface area contributed by atoms with Crippen molar-refractivity contribution in [2.24, 2.45) is 0 Å². The predicted octanol–water partition coefficient (Wildman–Crippen LogP) is 5.52. The van der Waals surface area contributed by atoms with E-state index in [1.807, 2.05) is 0 Å². The van der Waals surface area contributed by atoms with Gasteiger partial charge in [-0.05, 0) is 62.4 Å². The molecule has 0 spiro atoms. The van der Waals surface area contributed by atoms with E-state index in [2.05, 4.69) is 20.3 Å². The Morgan fingerprint density at radius 3 is 2.31 bits per heavy atom. The zero-order valence-corrected chi connectivity index (χ0v) is 22.5. The Morgan fingerprint density at radius 2 is 1.67 bits per heavy atom. The lowest BCUT2D eigenvalue weighted by atomic mass is 9.90. The predicted molar refractivity (Wildman–Crippen MR) is 142 cm³/mol. The zero-order chi connectivity index (χ0) is 30.4. The number of fused-ring (bicyclic) bond motifs is 1. The van der Waals surface area contributed by atoms with E-state index in [0.717, 1.165) is 28.9 Å². The van der Waals surface area contributed by atoms with E-state index in [-0.39, 0.29) is 11.3 Å². The van der Waals surface area contributed by atoms with Gasteiger partial charge in [-0.25, -0.2) is 18.4 Å². The highest BCUT2D eigenvalue weighted by molar-refractivity contribution is 5.89. The Bertz CT molecular complexity index is 1770. The molecule has 0 fully saturated rings. The molecule has 0 aliphatic rings.